The molecule has 0 heterocycles. The zero-order valence-corrected chi connectivity index (χ0v) is 7.10. The van der Waals surface area contributed by atoms with Crippen molar-refractivity contribution in [2.45, 2.75) is 13.3 Å². The van der Waals surface area contributed by atoms with Gasteiger partial charge in [-0.15, -0.1) is 0 Å². The van der Waals surface area contributed by atoms with Gasteiger partial charge in [-0.3, -0.25) is 0 Å². The molecule has 2 N–H and O–H groups in total. The third-order valence-corrected chi connectivity index (χ3v) is 1.57. The Morgan fingerprint density at radius 3 is 2.75 bits per heavy atom. The minimum Gasteiger partial charge on any atom is -0.396 e. The number of nitrogen functional groups attached to an aromatic ring is 1. The first kappa shape index (κ1) is 8.78. The molecule has 0 unspecified atom stereocenters. The smallest absolute Gasteiger partial charge is 0.146 e. The molecule has 0 amide bonds. The van der Waals surface area contributed by atoms with Crippen molar-refractivity contribution in [1.82, 2.24) is 0 Å². The van der Waals surface area contributed by atoms with Gasteiger partial charge in [-0.25, -0.2) is 4.39 Å². The highest BCUT2D eigenvalue weighted by Gasteiger charge is 1.99. The normalized spacial score (nSPS) is 9.83. The summed E-state index contributed by atoms with van der Waals surface area (Å²) in [5, 5.41) is 0. The first-order chi connectivity index (χ1) is 5.59. The van der Waals surface area contributed by atoms with Crippen molar-refractivity contribution in [1.29, 1.82) is 0 Å². The zero-order valence-electron chi connectivity index (χ0n) is 7.10. The van der Waals surface area contributed by atoms with Crippen molar-refractivity contribution in [2.75, 3.05) is 5.73 Å². The first-order valence-electron chi connectivity index (χ1n) is 3.78. The van der Waals surface area contributed by atoms with Crippen LogP contribution in [0.15, 0.2) is 30.4 Å². The number of allylic oxidation sites excluding steroid dienone is 1. The number of rotatable bonds is 2. The summed E-state index contributed by atoms with van der Waals surface area (Å²) < 4.78 is 12.7. The fraction of sp³-hybridized carbons (Fsp3) is 0.200. The first-order valence-corrected chi connectivity index (χ1v) is 3.78. The van der Waals surface area contributed by atoms with E-state index in [0.717, 1.165) is 17.6 Å². The van der Waals surface area contributed by atoms with Gasteiger partial charge in [0.15, 0.2) is 0 Å². The highest BCUT2D eigenvalue weighted by Crippen LogP contribution is 2.14. The second kappa shape index (κ2) is 3.39. The Morgan fingerprint density at radius 1 is 1.58 bits per heavy atom. The Labute approximate surface area is 71.7 Å². The van der Waals surface area contributed by atoms with Crippen LogP contribution in [0.5, 0.6) is 0 Å². The van der Waals surface area contributed by atoms with Crippen LogP contribution >= 0.6 is 0 Å². The Morgan fingerprint density at radius 2 is 2.25 bits per heavy atom. The van der Waals surface area contributed by atoms with Gasteiger partial charge in [-0.1, -0.05) is 18.2 Å². The third kappa shape index (κ3) is 2.09. The van der Waals surface area contributed by atoms with Crippen molar-refractivity contribution in [3.63, 3.8) is 0 Å². The molecule has 0 fully saturated rings. The molecule has 0 aliphatic rings. The van der Waals surface area contributed by atoms with E-state index in [1.807, 2.05) is 6.92 Å². The predicted molar refractivity (Wildman–Crippen MR) is 49.3 cm³/mol. The van der Waals surface area contributed by atoms with E-state index < -0.39 is 0 Å². The molecular weight excluding hydrogens is 153 g/mol. The molecule has 1 nitrogen and oxygen atoms in total. The molecule has 0 atom stereocenters. The maximum absolute atomic E-state index is 12.7. The van der Waals surface area contributed by atoms with Crippen LogP contribution in [0.3, 0.4) is 0 Å². The summed E-state index contributed by atoms with van der Waals surface area (Å²) in [6.45, 7) is 5.70. The number of nitrogens with two attached hydrogens (primary N) is 1. The van der Waals surface area contributed by atoms with E-state index in [-0.39, 0.29) is 11.5 Å². The van der Waals surface area contributed by atoms with Gasteiger partial charge in [0, 0.05) is 0 Å². The summed E-state index contributed by atoms with van der Waals surface area (Å²) >= 11 is 0. The molecule has 2 heteroatoms. The maximum Gasteiger partial charge on any atom is 0.146 e. The van der Waals surface area contributed by atoms with Crippen LogP contribution in [0.25, 0.3) is 0 Å². The minimum atomic E-state index is -0.361. The second-order valence-corrected chi connectivity index (χ2v) is 2.99. The SMILES string of the molecule is C=C(C)Cc1ccc(F)c(N)c1. The van der Waals surface area contributed by atoms with Crippen molar-refractivity contribution in [3.05, 3.63) is 41.7 Å². The summed E-state index contributed by atoms with van der Waals surface area (Å²) in [7, 11) is 0. The number of hydrogen-bond acceptors (Lipinski definition) is 1. The average molecular weight is 165 g/mol. The molecular formula is C10H12FN. The fourth-order valence-corrected chi connectivity index (χ4v) is 1.05. The van der Waals surface area contributed by atoms with Crippen LogP contribution < -0.4 is 5.73 Å². The van der Waals surface area contributed by atoms with Crippen LogP contribution in [0.2, 0.25) is 0 Å². The van der Waals surface area contributed by atoms with Crippen LogP contribution in [0, 0.1) is 5.82 Å². The lowest BCUT2D eigenvalue weighted by atomic mass is 10.1. The summed E-state index contributed by atoms with van der Waals surface area (Å²) in [6.07, 6.45) is 0.754. The average Bonchev–Trinajstić information content (AvgIpc) is 1.96. The summed E-state index contributed by atoms with van der Waals surface area (Å²) in [5.74, 6) is -0.361. The van der Waals surface area contributed by atoms with Gasteiger partial charge in [-0.2, -0.15) is 0 Å². The van der Waals surface area contributed by atoms with Crippen LogP contribution in [0.4, 0.5) is 10.1 Å². The largest absolute Gasteiger partial charge is 0.396 e. The number of benzene rings is 1. The number of hydrogen-bond donors (Lipinski definition) is 1. The zero-order chi connectivity index (χ0) is 9.14. The molecule has 1 aromatic rings. The topological polar surface area (TPSA) is 26.0 Å². The Balaban J connectivity index is 2.89. The van der Waals surface area contributed by atoms with E-state index in [0.29, 0.717) is 0 Å². The lowest BCUT2D eigenvalue weighted by Crippen LogP contribution is -1.93. The lowest BCUT2D eigenvalue weighted by molar-refractivity contribution is 0.632. The molecule has 0 saturated heterocycles. The van der Waals surface area contributed by atoms with Crippen LogP contribution in [-0.2, 0) is 6.42 Å². The van der Waals surface area contributed by atoms with Gasteiger partial charge in [0.05, 0.1) is 5.69 Å². The van der Waals surface area contributed by atoms with Crippen molar-refractivity contribution >= 4 is 5.69 Å². The van der Waals surface area contributed by atoms with E-state index >= 15 is 0 Å². The Hall–Kier alpha value is -1.31. The Bertz CT molecular complexity index is 305. The number of halogens is 1. The molecule has 0 bridgehead atoms. The summed E-state index contributed by atoms with van der Waals surface area (Å²) in [4.78, 5) is 0. The van der Waals surface area contributed by atoms with E-state index in [1.165, 1.54) is 6.07 Å². The van der Waals surface area contributed by atoms with Crippen molar-refractivity contribution in [2.24, 2.45) is 0 Å². The summed E-state index contributed by atoms with van der Waals surface area (Å²) in [6, 6.07) is 4.75. The van der Waals surface area contributed by atoms with Gasteiger partial charge in [0.1, 0.15) is 5.82 Å². The van der Waals surface area contributed by atoms with Crippen molar-refractivity contribution in [3.8, 4) is 0 Å². The van der Waals surface area contributed by atoms with E-state index in [4.69, 9.17) is 5.73 Å². The highest BCUT2D eigenvalue weighted by atomic mass is 19.1. The molecule has 0 spiro atoms. The van der Waals surface area contributed by atoms with Gasteiger partial charge in [-0.05, 0) is 31.0 Å². The standard InChI is InChI=1S/C10H12FN/c1-7(2)5-8-3-4-9(11)10(12)6-8/h3-4,6H,1,5,12H2,2H3. The Kier molecular flexibility index (Phi) is 2.48. The summed E-state index contributed by atoms with van der Waals surface area (Å²) in [5.41, 5.74) is 7.64. The monoisotopic (exact) mass is 165 g/mol. The molecule has 0 aromatic heterocycles. The van der Waals surface area contributed by atoms with E-state index in [2.05, 4.69) is 6.58 Å². The molecule has 0 aliphatic heterocycles. The van der Waals surface area contributed by atoms with Crippen LogP contribution in [-0.4, -0.2) is 0 Å². The fourth-order valence-electron chi connectivity index (χ4n) is 1.05. The molecule has 12 heavy (non-hydrogen) atoms. The number of anilines is 1. The lowest BCUT2D eigenvalue weighted by Gasteiger charge is -2.02. The molecule has 0 aliphatic carbocycles. The third-order valence-electron chi connectivity index (χ3n) is 1.57. The predicted octanol–water partition coefficient (Wildman–Crippen LogP) is 2.53. The quantitative estimate of drug-likeness (QED) is 0.529. The highest BCUT2D eigenvalue weighted by molar-refractivity contribution is 5.43. The van der Waals surface area contributed by atoms with Crippen LogP contribution in [0.1, 0.15) is 12.5 Å². The molecule has 1 aromatic carbocycles. The maximum atomic E-state index is 12.7. The molecule has 64 valence electrons. The second-order valence-electron chi connectivity index (χ2n) is 2.99. The molecule has 0 radical (unpaired) electrons. The van der Waals surface area contributed by atoms with Gasteiger partial charge >= 0.3 is 0 Å². The molecule has 0 saturated carbocycles. The van der Waals surface area contributed by atoms with Gasteiger partial charge < -0.3 is 5.73 Å². The van der Waals surface area contributed by atoms with E-state index in [9.17, 15) is 4.39 Å². The molecule has 1 rings (SSSR count). The van der Waals surface area contributed by atoms with Gasteiger partial charge in [0.2, 0.25) is 0 Å². The van der Waals surface area contributed by atoms with E-state index in [1.54, 1.807) is 12.1 Å². The van der Waals surface area contributed by atoms with Gasteiger partial charge in [0.25, 0.3) is 0 Å². The minimum absolute atomic E-state index is 0.203. The van der Waals surface area contributed by atoms with Crippen molar-refractivity contribution < 1.29 is 4.39 Å².